The van der Waals surface area contributed by atoms with Crippen molar-refractivity contribution in [3.63, 3.8) is 0 Å². The Labute approximate surface area is 155 Å². The Morgan fingerprint density at radius 2 is 1.77 bits per heavy atom. The van der Waals surface area contributed by atoms with E-state index in [1.54, 1.807) is 24.3 Å². The molecule has 0 radical (unpaired) electrons. The number of carbonyl (C=O) groups is 1. The lowest BCUT2D eigenvalue weighted by molar-refractivity contribution is 0.102. The number of hydrogen-bond donors (Lipinski definition) is 2. The van der Waals surface area contributed by atoms with Crippen LogP contribution >= 0.6 is 0 Å². The second-order valence-electron chi connectivity index (χ2n) is 6.17. The summed E-state index contributed by atoms with van der Waals surface area (Å²) in [6.07, 6.45) is 1.67. The molecule has 0 unspecified atom stereocenters. The van der Waals surface area contributed by atoms with E-state index in [1.807, 2.05) is 38.1 Å². The Morgan fingerprint density at radius 1 is 1.08 bits per heavy atom. The van der Waals surface area contributed by atoms with Crippen LogP contribution in [0.1, 0.15) is 30.1 Å². The zero-order chi connectivity index (χ0) is 19.2. The molecule has 7 heteroatoms. The monoisotopic (exact) mass is 375 g/mol. The van der Waals surface area contributed by atoms with Crippen LogP contribution in [-0.4, -0.2) is 35.0 Å². The van der Waals surface area contributed by atoms with Crippen LogP contribution in [-0.2, 0) is 10.0 Å². The summed E-state index contributed by atoms with van der Waals surface area (Å²) in [4.78, 5) is 14.5. The summed E-state index contributed by atoms with van der Waals surface area (Å²) in [5.74, 6) is -0.354. The van der Waals surface area contributed by atoms with E-state index in [2.05, 4.69) is 10.0 Å². The van der Waals surface area contributed by atoms with Gasteiger partial charge in [-0.1, -0.05) is 19.4 Å². The Morgan fingerprint density at radius 3 is 2.38 bits per heavy atom. The fourth-order valence-electron chi connectivity index (χ4n) is 2.32. The van der Waals surface area contributed by atoms with Crippen LogP contribution < -0.4 is 14.9 Å². The molecule has 140 valence electrons. The lowest BCUT2D eigenvalue weighted by atomic mass is 10.2. The molecule has 26 heavy (non-hydrogen) atoms. The van der Waals surface area contributed by atoms with Crippen molar-refractivity contribution < 1.29 is 13.2 Å². The van der Waals surface area contributed by atoms with Gasteiger partial charge in [-0.05, 0) is 48.9 Å². The number of rotatable bonds is 8. The van der Waals surface area contributed by atoms with Crippen molar-refractivity contribution in [1.82, 2.24) is 4.72 Å². The molecule has 6 nitrogen and oxygen atoms in total. The van der Waals surface area contributed by atoms with E-state index in [-0.39, 0.29) is 10.8 Å². The lowest BCUT2D eigenvalue weighted by Gasteiger charge is -2.13. The van der Waals surface area contributed by atoms with Gasteiger partial charge >= 0.3 is 0 Å². The van der Waals surface area contributed by atoms with E-state index in [0.717, 1.165) is 18.5 Å². The molecule has 0 bridgehead atoms. The first-order valence-corrected chi connectivity index (χ1v) is 10.0. The zero-order valence-electron chi connectivity index (χ0n) is 15.3. The van der Waals surface area contributed by atoms with Gasteiger partial charge in [-0.2, -0.15) is 0 Å². The minimum Gasteiger partial charge on any atom is -0.378 e. The molecule has 0 spiro atoms. The van der Waals surface area contributed by atoms with Crippen LogP contribution in [0.4, 0.5) is 11.4 Å². The number of sulfonamides is 1. The first-order valence-electron chi connectivity index (χ1n) is 8.52. The predicted molar refractivity (Wildman–Crippen MR) is 105 cm³/mol. The first-order chi connectivity index (χ1) is 12.3. The molecule has 0 saturated carbocycles. The summed E-state index contributed by atoms with van der Waals surface area (Å²) in [6, 6.07) is 13.4. The summed E-state index contributed by atoms with van der Waals surface area (Å²) >= 11 is 0. The van der Waals surface area contributed by atoms with Gasteiger partial charge < -0.3 is 10.2 Å². The normalized spacial score (nSPS) is 11.2. The van der Waals surface area contributed by atoms with Gasteiger partial charge in [0.2, 0.25) is 10.0 Å². The first kappa shape index (κ1) is 19.9. The van der Waals surface area contributed by atoms with Gasteiger partial charge in [-0.15, -0.1) is 0 Å². The molecule has 2 aromatic rings. The molecular weight excluding hydrogens is 350 g/mol. The number of amides is 1. The van der Waals surface area contributed by atoms with Crippen LogP contribution in [0.2, 0.25) is 0 Å². The van der Waals surface area contributed by atoms with Crippen LogP contribution in [0.25, 0.3) is 0 Å². The molecule has 2 rings (SSSR count). The largest absolute Gasteiger partial charge is 0.378 e. The standard InChI is InChI=1S/C19H25N3O3S/c1-4-5-13-20-26(24,25)18-8-6-7-15(14-18)19(23)21-16-9-11-17(12-10-16)22(2)3/h6-12,14,20H,4-5,13H2,1-3H3,(H,21,23). The topological polar surface area (TPSA) is 78.5 Å². The highest BCUT2D eigenvalue weighted by atomic mass is 32.2. The van der Waals surface area contributed by atoms with Gasteiger partial charge in [0.25, 0.3) is 5.91 Å². The molecule has 2 N–H and O–H groups in total. The molecule has 0 aromatic heterocycles. The van der Waals surface area contributed by atoms with Crippen molar-refractivity contribution in [2.75, 3.05) is 30.9 Å². The SMILES string of the molecule is CCCCNS(=O)(=O)c1cccc(C(=O)Nc2ccc(N(C)C)cc2)c1. The smallest absolute Gasteiger partial charge is 0.255 e. The third-order valence-electron chi connectivity index (χ3n) is 3.87. The summed E-state index contributed by atoms with van der Waals surface area (Å²) in [7, 11) is 0.265. The van der Waals surface area contributed by atoms with Crippen LogP contribution in [0.3, 0.4) is 0 Å². The molecule has 0 fully saturated rings. The fraction of sp³-hybridized carbons (Fsp3) is 0.316. The van der Waals surface area contributed by atoms with Crippen molar-refractivity contribution in [1.29, 1.82) is 0 Å². The Kier molecular flexibility index (Phi) is 6.76. The summed E-state index contributed by atoms with van der Waals surface area (Å²) in [5, 5.41) is 2.78. The number of hydrogen-bond acceptors (Lipinski definition) is 4. The zero-order valence-corrected chi connectivity index (χ0v) is 16.1. The van der Waals surface area contributed by atoms with Crippen molar-refractivity contribution in [2.45, 2.75) is 24.7 Å². The van der Waals surface area contributed by atoms with E-state index in [1.165, 1.54) is 12.1 Å². The molecule has 0 heterocycles. The Balaban J connectivity index is 2.12. The van der Waals surface area contributed by atoms with Crippen molar-refractivity contribution in [3.05, 3.63) is 54.1 Å². The molecule has 0 saturated heterocycles. The van der Waals surface area contributed by atoms with E-state index in [9.17, 15) is 13.2 Å². The highest BCUT2D eigenvalue weighted by Crippen LogP contribution is 2.17. The van der Waals surface area contributed by atoms with Gasteiger partial charge in [0.1, 0.15) is 0 Å². The molecular formula is C19H25N3O3S. The number of carbonyl (C=O) groups excluding carboxylic acids is 1. The van der Waals surface area contributed by atoms with E-state index < -0.39 is 10.0 Å². The van der Waals surface area contributed by atoms with Crippen LogP contribution in [0, 0.1) is 0 Å². The number of nitrogens with one attached hydrogen (secondary N) is 2. The maximum atomic E-state index is 12.4. The van der Waals surface area contributed by atoms with Crippen LogP contribution in [0.5, 0.6) is 0 Å². The number of benzene rings is 2. The Bertz CT molecular complexity index is 847. The van der Waals surface area contributed by atoms with E-state index >= 15 is 0 Å². The van der Waals surface area contributed by atoms with Crippen molar-refractivity contribution in [2.24, 2.45) is 0 Å². The van der Waals surface area contributed by atoms with E-state index in [4.69, 9.17) is 0 Å². The van der Waals surface area contributed by atoms with Crippen molar-refractivity contribution >= 4 is 27.3 Å². The molecule has 0 aliphatic rings. The second kappa shape index (κ2) is 8.82. The number of unbranched alkanes of at least 4 members (excludes halogenated alkanes) is 1. The van der Waals surface area contributed by atoms with Gasteiger partial charge in [0.15, 0.2) is 0 Å². The van der Waals surface area contributed by atoms with Crippen molar-refractivity contribution in [3.8, 4) is 0 Å². The third kappa shape index (κ3) is 5.31. The molecule has 2 aromatic carbocycles. The highest BCUT2D eigenvalue weighted by molar-refractivity contribution is 7.89. The minimum absolute atomic E-state index is 0.0872. The van der Waals surface area contributed by atoms with Gasteiger partial charge in [-0.25, -0.2) is 13.1 Å². The summed E-state index contributed by atoms with van der Waals surface area (Å²) < 4.78 is 27.1. The van der Waals surface area contributed by atoms with E-state index in [0.29, 0.717) is 17.8 Å². The van der Waals surface area contributed by atoms with Gasteiger partial charge in [0, 0.05) is 37.6 Å². The fourth-order valence-corrected chi connectivity index (χ4v) is 3.44. The second-order valence-corrected chi connectivity index (χ2v) is 7.94. The number of nitrogens with zero attached hydrogens (tertiary/aromatic N) is 1. The average molecular weight is 375 g/mol. The number of anilines is 2. The maximum absolute atomic E-state index is 12.4. The Hall–Kier alpha value is -2.38. The molecule has 0 atom stereocenters. The minimum atomic E-state index is -3.61. The predicted octanol–water partition coefficient (Wildman–Crippen LogP) is 3.08. The van der Waals surface area contributed by atoms with Crippen LogP contribution in [0.15, 0.2) is 53.4 Å². The van der Waals surface area contributed by atoms with Gasteiger partial charge in [-0.3, -0.25) is 4.79 Å². The summed E-state index contributed by atoms with van der Waals surface area (Å²) in [6.45, 7) is 2.37. The molecule has 0 aliphatic heterocycles. The molecule has 1 amide bonds. The average Bonchev–Trinajstić information content (AvgIpc) is 2.62. The lowest BCUT2D eigenvalue weighted by Crippen LogP contribution is -2.25. The summed E-state index contributed by atoms with van der Waals surface area (Å²) in [5.41, 5.74) is 1.96. The quantitative estimate of drug-likeness (QED) is 0.695. The third-order valence-corrected chi connectivity index (χ3v) is 5.33. The van der Waals surface area contributed by atoms with Gasteiger partial charge in [0.05, 0.1) is 4.90 Å². The molecule has 0 aliphatic carbocycles. The highest BCUT2D eigenvalue weighted by Gasteiger charge is 2.16. The maximum Gasteiger partial charge on any atom is 0.255 e.